The van der Waals surface area contributed by atoms with Crippen LogP contribution in [0.3, 0.4) is 0 Å². The summed E-state index contributed by atoms with van der Waals surface area (Å²) in [7, 11) is 1.51. The van der Waals surface area contributed by atoms with Crippen molar-refractivity contribution in [3.05, 3.63) is 65.0 Å². The number of rotatable bonds is 8. The summed E-state index contributed by atoms with van der Waals surface area (Å²) in [4.78, 5) is 24.0. The molecule has 0 unspecified atom stereocenters. The Kier molecular flexibility index (Phi) is 6.95. The van der Waals surface area contributed by atoms with Gasteiger partial charge in [0, 0.05) is 16.9 Å². The van der Waals surface area contributed by atoms with E-state index >= 15 is 0 Å². The molecule has 0 saturated heterocycles. The third kappa shape index (κ3) is 5.85. The quantitative estimate of drug-likeness (QED) is 0.324. The van der Waals surface area contributed by atoms with Gasteiger partial charge in [-0.05, 0) is 42.8 Å². The number of ether oxygens (including phenoxy) is 1. The first kappa shape index (κ1) is 20.9. The number of carbonyl (C=O) groups excluding carboxylic acids is 2. The Bertz CT molecular complexity index is 1020. The molecule has 1 heterocycles. The number of ketones is 1. The number of halogens is 1. The van der Waals surface area contributed by atoms with Crippen molar-refractivity contribution in [2.45, 2.75) is 23.4 Å². The van der Waals surface area contributed by atoms with Crippen molar-refractivity contribution in [3.63, 3.8) is 0 Å². The van der Waals surface area contributed by atoms with E-state index in [-0.39, 0.29) is 23.9 Å². The molecule has 0 aliphatic carbocycles. The lowest BCUT2D eigenvalue weighted by Gasteiger charge is -2.09. The van der Waals surface area contributed by atoms with Gasteiger partial charge in [0.1, 0.15) is 11.6 Å². The van der Waals surface area contributed by atoms with E-state index in [1.54, 1.807) is 30.3 Å². The minimum absolute atomic E-state index is 0.0436. The van der Waals surface area contributed by atoms with Gasteiger partial charge in [-0.3, -0.25) is 9.59 Å². The highest BCUT2D eigenvalue weighted by Crippen LogP contribution is 2.29. The molecule has 2 aromatic carbocycles. The molecule has 0 fully saturated rings. The number of nitrogens with zero attached hydrogens (tertiary/aromatic N) is 2. The second-order valence-corrected chi connectivity index (χ2v) is 8.30. The SMILES string of the molecule is COc1ccc(C(C)=O)cc1CC(=O)Nc1nnc(SCc2ccc(F)cc2)s1. The van der Waals surface area contributed by atoms with E-state index in [9.17, 15) is 14.0 Å². The van der Waals surface area contributed by atoms with Gasteiger partial charge in [-0.15, -0.1) is 10.2 Å². The van der Waals surface area contributed by atoms with Crippen LogP contribution in [0.25, 0.3) is 0 Å². The zero-order valence-electron chi connectivity index (χ0n) is 15.8. The number of Topliss-reactive ketones (excluding diaryl/α,β-unsaturated/α-hetero) is 1. The molecule has 150 valence electrons. The van der Waals surface area contributed by atoms with Gasteiger partial charge >= 0.3 is 0 Å². The van der Waals surface area contributed by atoms with E-state index < -0.39 is 0 Å². The third-order valence-corrected chi connectivity index (χ3v) is 6.01. The van der Waals surface area contributed by atoms with Gasteiger partial charge in [-0.25, -0.2) is 4.39 Å². The lowest BCUT2D eigenvalue weighted by Crippen LogP contribution is -2.15. The monoisotopic (exact) mass is 431 g/mol. The Hall–Kier alpha value is -2.78. The number of anilines is 1. The van der Waals surface area contributed by atoms with Crippen LogP contribution in [0.2, 0.25) is 0 Å². The largest absolute Gasteiger partial charge is 0.496 e. The minimum atomic E-state index is -0.282. The molecule has 0 aliphatic heterocycles. The predicted octanol–water partition coefficient (Wildman–Crippen LogP) is 4.36. The summed E-state index contributed by atoms with van der Waals surface area (Å²) in [5, 5.41) is 11.1. The van der Waals surface area contributed by atoms with Crippen molar-refractivity contribution in [2.75, 3.05) is 12.4 Å². The summed E-state index contributed by atoms with van der Waals surface area (Å²) in [6.45, 7) is 1.47. The lowest BCUT2D eigenvalue weighted by atomic mass is 10.0. The van der Waals surface area contributed by atoms with E-state index in [2.05, 4.69) is 15.5 Å². The lowest BCUT2D eigenvalue weighted by molar-refractivity contribution is -0.115. The highest BCUT2D eigenvalue weighted by molar-refractivity contribution is 8.00. The number of thioether (sulfide) groups is 1. The van der Waals surface area contributed by atoms with E-state index in [0.29, 0.717) is 32.1 Å². The van der Waals surface area contributed by atoms with Gasteiger partial charge in [0.15, 0.2) is 10.1 Å². The standard InChI is InChI=1S/C20H18FN3O3S2/c1-12(25)14-5-8-17(27-2)15(9-14)10-18(26)22-19-23-24-20(29-19)28-11-13-3-6-16(21)7-4-13/h3-9H,10-11H2,1-2H3,(H,22,23,26). The number of nitrogens with one attached hydrogen (secondary N) is 1. The van der Waals surface area contributed by atoms with Gasteiger partial charge in [0.25, 0.3) is 0 Å². The van der Waals surface area contributed by atoms with E-state index in [1.165, 1.54) is 49.3 Å². The number of hydrogen-bond acceptors (Lipinski definition) is 7. The van der Waals surface area contributed by atoms with E-state index in [1.807, 2.05) is 0 Å². The first-order valence-electron chi connectivity index (χ1n) is 8.63. The van der Waals surface area contributed by atoms with Crippen molar-refractivity contribution in [1.82, 2.24) is 10.2 Å². The van der Waals surface area contributed by atoms with Crippen molar-refractivity contribution >= 4 is 39.9 Å². The van der Waals surface area contributed by atoms with Crippen LogP contribution in [0.4, 0.5) is 9.52 Å². The smallest absolute Gasteiger partial charge is 0.230 e. The Labute approximate surface area is 175 Å². The molecule has 0 saturated carbocycles. The van der Waals surface area contributed by atoms with Crippen LogP contribution in [0.1, 0.15) is 28.4 Å². The van der Waals surface area contributed by atoms with Crippen molar-refractivity contribution in [3.8, 4) is 5.75 Å². The van der Waals surface area contributed by atoms with Crippen LogP contribution in [-0.4, -0.2) is 29.0 Å². The molecule has 29 heavy (non-hydrogen) atoms. The molecule has 0 radical (unpaired) electrons. The molecule has 0 aliphatic rings. The fourth-order valence-electron chi connectivity index (χ4n) is 2.52. The van der Waals surface area contributed by atoms with Crippen LogP contribution in [0.5, 0.6) is 5.75 Å². The summed E-state index contributed by atoms with van der Waals surface area (Å²) < 4.78 is 18.9. The Morgan fingerprint density at radius 3 is 2.62 bits per heavy atom. The summed E-state index contributed by atoms with van der Waals surface area (Å²) in [6.07, 6.45) is 0.0436. The number of carbonyl (C=O) groups is 2. The highest BCUT2D eigenvalue weighted by atomic mass is 32.2. The average molecular weight is 432 g/mol. The molecule has 3 aromatic rings. The third-order valence-electron chi connectivity index (χ3n) is 3.97. The molecule has 9 heteroatoms. The Morgan fingerprint density at radius 1 is 1.17 bits per heavy atom. The fourth-order valence-corrected chi connectivity index (χ4v) is 4.24. The number of hydrogen-bond donors (Lipinski definition) is 1. The first-order valence-corrected chi connectivity index (χ1v) is 10.4. The van der Waals surface area contributed by atoms with E-state index in [0.717, 1.165) is 5.56 Å². The minimum Gasteiger partial charge on any atom is -0.496 e. The molecule has 1 amide bonds. The summed E-state index contributed by atoms with van der Waals surface area (Å²) in [5.74, 6) is 0.525. The molecule has 3 rings (SSSR count). The number of amides is 1. The summed E-state index contributed by atoms with van der Waals surface area (Å²) in [6, 6.07) is 11.3. The molecule has 1 N–H and O–H groups in total. The summed E-state index contributed by atoms with van der Waals surface area (Å²) >= 11 is 2.72. The second kappa shape index (κ2) is 9.62. The van der Waals surface area contributed by atoms with Crippen LogP contribution in [-0.2, 0) is 17.0 Å². The Balaban J connectivity index is 1.59. The molecule has 1 aromatic heterocycles. The predicted molar refractivity (Wildman–Crippen MR) is 111 cm³/mol. The van der Waals surface area contributed by atoms with E-state index in [4.69, 9.17) is 4.74 Å². The molecular formula is C20H18FN3O3S2. The topological polar surface area (TPSA) is 81.2 Å². The normalized spacial score (nSPS) is 10.6. The van der Waals surface area contributed by atoms with Crippen LogP contribution in [0.15, 0.2) is 46.8 Å². The van der Waals surface area contributed by atoms with Gasteiger partial charge < -0.3 is 10.1 Å². The highest BCUT2D eigenvalue weighted by Gasteiger charge is 2.14. The molecule has 0 bridgehead atoms. The molecule has 6 nitrogen and oxygen atoms in total. The van der Waals surface area contributed by atoms with Gasteiger partial charge in [-0.1, -0.05) is 35.2 Å². The zero-order valence-corrected chi connectivity index (χ0v) is 17.4. The van der Waals surface area contributed by atoms with Crippen molar-refractivity contribution < 1.29 is 18.7 Å². The molecule has 0 spiro atoms. The number of methoxy groups -OCH3 is 1. The fraction of sp³-hybridized carbons (Fsp3) is 0.200. The van der Waals surface area contributed by atoms with Crippen LogP contribution < -0.4 is 10.1 Å². The second-order valence-electron chi connectivity index (χ2n) is 6.10. The maximum absolute atomic E-state index is 12.9. The number of aromatic nitrogens is 2. The van der Waals surface area contributed by atoms with Gasteiger partial charge in [0.2, 0.25) is 11.0 Å². The van der Waals surface area contributed by atoms with Gasteiger partial charge in [0.05, 0.1) is 13.5 Å². The zero-order chi connectivity index (χ0) is 20.8. The van der Waals surface area contributed by atoms with Crippen molar-refractivity contribution in [2.24, 2.45) is 0 Å². The van der Waals surface area contributed by atoms with Crippen molar-refractivity contribution in [1.29, 1.82) is 0 Å². The van der Waals surface area contributed by atoms with Crippen LogP contribution in [0, 0.1) is 5.82 Å². The first-order chi connectivity index (χ1) is 13.9. The Morgan fingerprint density at radius 2 is 1.93 bits per heavy atom. The number of benzene rings is 2. The van der Waals surface area contributed by atoms with Gasteiger partial charge in [-0.2, -0.15) is 0 Å². The maximum atomic E-state index is 12.9. The summed E-state index contributed by atoms with van der Waals surface area (Å²) in [5.41, 5.74) is 2.10. The maximum Gasteiger partial charge on any atom is 0.230 e. The average Bonchev–Trinajstić information content (AvgIpc) is 3.14. The van der Waals surface area contributed by atoms with Crippen LogP contribution >= 0.6 is 23.1 Å². The molecular weight excluding hydrogens is 413 g/mol. The molecule has 0 atom stereocenters.